The third-order valence-corrected chi connectivity index (χ3v) is 2.22. The van der Waals surface area contributed by atoms with Crippen LogP contribution in [-0.2, 0) is 12.7 Å². The van der Waals surface area contributed by atoms with Gasteiger partial charge in [0.15, 0.2) is 5.75 Å². The highest BCUT2D eigenvalue weighted by Gasteiger charge is 2.42. The summed E-state index contributed by atoms with van der Waals surface area (Å²) in [5, 5.41) is -1.38. The van der Waals surface area contributed by atoms with Gasteiger partial charge in [-0.3, -0.25) is 4.79 Å². The molecule has 4 nitrogen and oxygen atoms in total. The quantitative estimate of drug-likeness (QED) is 0.686. The number of rotatable bonds is 3. The van der Waals surface area contributed by atoms with E-state index in [0.717, 1.165) is 0 Å². The molecule has 0 aromatic carbocycles. The zero-order chi connectivity index (χ0) is 15.7. The van der Waals surface area contributed by atoms with Gasteiger partial charge in [-0.2, -0.15) is 13.2 Å². The molecule has 0 saturated carbocycles. The molecule has 0 saturated heterocycles. The molecular weight excluding hydrogens is 318 g/mol. The van der Waals surface area contributed by atoms with Crippen LogP contribution in [0.1, 0.15) is 21.6 Å². The summed E-state index contributed by atoms with van der Waals surface area (Å²) in [6.45, 7) is -0.898. The first-order valence-electron chi connectivity index (χ1n) is 4.72. The van der Waals surface area contributed by atoms with Crippen molar-refractivity contribution >= 4 is 16.8 Å². The van der Waals surface area contributed by atoms with E-state index in [0.29, 0.717) is 0 Å². The van der Waals surface area contributed by atoms with E-state index in [2.05, 4.69) is 9.72 Å². The molecule has 2 N–H and O–H groups in total. The highest BCUT2D eigenvalue weighted by Crippen LogP contribution is 2.41. The zero-order valence-corrected chi connectivity index (χ0v) is 10.0. The van der Waals surface area contributed by atoms with Crippen LogP contribution >= 0.6 is 11.6 Å². The lowest BCUT2D eigenvalue weighted by atomic mass is 10.1. The van der Waals surface area contributed by atoms with E-state index < -0.39 is 46.9 Å². The minimum Gasteiger partial charge on any atom is -0.403 e. The molecule has 1 heterocycles. The number of nitrogens with zero attached hydrogens (tertiary/aromatic N) is 1. The number of ether oxygens (including phenoxy) is 1. The molecule has 112 valence electrons. The van der Waals surface area contributed by atoms with Crippen molar-refractivity contribution in [3.63, 3.8) is 0 Å². The van der Waals surface area contributed by atoms with Crippen LogP contribution in [0.4, 0.5) is 26.3 Å². The lowest BCUT2D eigenvalue weighted by Crippen LogP contribution is -2.23. The van der Waals surface area contributed by atoms with Crippen LogP contribution in [0.2, 0.25) is 0 Å². The molecule has 0 radical (unpaired) electrons. The molecule has 1 aromatic rings. The maximum Gasteiger partial charge on any atom is 0.573 e. The van der Waals surface area contributed by atoms with E-state index in [1.165, 1.54) is 0 Å². The molecule has 0 aliphatic carbocycles. The second-order valence-corrected chi connectivity index (χ2v) is 3.69. The second kappa shape index (κ2) is 5.44. The normalized spacial score (nSPS) is 12.4. The Morgan fingerprint density at radius 1 is 1.30 bits per heavy atom. The monoisotopic (exact) mass is 322 g/mol. The van der Waals surface area contributed by atoms with E-state index in [4.69, 9.17) is 17.3 Å². The van der Waals surface area contributed by atoms with Gasteiger partial charge in [-0.25, -0.2) is 4.98 Å². The first-order valence-corrected chi connectivity index (χ1v) is 5.10. The lowest BCUT2D eigenvalue weighted by molar-refractivity contribution is -0.276. The Kier molecular flexibility index (Phi) is 4.49. The third kappa shape index (κ3) is 3.73. The minimum atomic E-state index is -5.36. The molecule has 0 fully saturated rings. The van der Waals surface area contributed by atoms with Gasteiger partial charge in [-0.15, -0.1) is 13.2 Å². The summed E-state index contributed by atoms with van der Waals surface area (Å²) in [5.41, 5.74) is 1.34. The smallest absolute Gasteiger partial charge is 0.403 e. The molecule has 1 rings (SSSR count). The number of carbonyl (C=O) groups is 1. The summed E-state index contributed by atoms with van der Waals surface area (Å²) >= 11 is 5.01. The maximum absolute atomic E-state index is 12.8. The fourth-order valence-electron chi connectivity index (χ4n) is 1.41. The molecule has 0 atom stereocenters. The Labute approximate surface area is 112 Å². The lowest BCUT2D eigenvalue weighted by Gasteiger charge is -2.18. The van der Waals surface area contributed by atoms with E-state index in [1.54, 1.807) is 0 Å². The number of pyridine rings is 1. The van der Waals surface area contributed by atoms with Gasteiger partial charge in [0.05, 0.1) is 6.20 Å². The van der Waals surface area contributed by atoms with Crippen LogP contribution in [0.3, 0.4) is 0 Å². The summed E-state index contributed by atoms with van der Waals surface area (Å²) in [4.78, 5) is 14.0. The maximum atomic E-state index is 12.8. The predicted octanol–water partition coefficient (Wildman–Crippen LogP) is 2.84. The fraction of sp³-hybridized carbons (Fsp3) is 0.333. The summed E-state index contributed by atoms with van der Waals surface area (Å²) in [7, 11) is 0. The van der Waals surface area contributed by atoms with E-state index in [1.807, 2.05) is 0 Å². The highest BCUT2D eigenvalue weighted by atomic mass is 35.5. The van der Waals surface area contributed by atoms with Gasteiger partial charge in [0.2, 0.25) is 0 Å². The number of hydrogen-bond acceptors (Lipinski definition) is 4. The van der Waals surface area contributed by atoms with E-state index >= 15 is 0 Å². The zero-order valence-electron chi connectivity index (χ0n) is 9.27. The van der Waals surface area contributed by atoms with Crippen LogP contribution in [0, 0.1) is 0 Å². The molecule has 0 bridgehead atoms. The van der Waals surface area contributed by atoms with Gasteiger partial charge in [-0.05, 0) is 11.6 Å². The first kappa shape index (κ1) is 16.5. The predicted molar refractivity (Wildman–Crippen MR) is 54.0 cm³/mol. The van der Waals surface area contributed by atoms with E-state index in [9.17, 15) is 31.1 Å². The van der Waals surface area contributed by atoms with E-state index in [-0.39, 0.29) is 6.20 Å². The Morgan fingerprint density at radius 3 is 2.20 bits per heavy atom. The highest BCUT2D eigenvalue weighted by molar-refractivity contribution is 6.67. The van der Waals surface area contributed by atoms with Gasteiger partial charge in [0.25, 0.3) is 5.24 Å². The fourth-order valence-corrected chi connectivity index (χ4v) is 1.58. The number of aromatic nitrogens is 1. The average Bonchev–Trinajstić information content (AvgIpc) is 2.23. The molecule has 20 heavy (non-hydrogen) atoms. The van der Waals surface area contributed by atoms with Crippen molar-refractivity contribution in [3.8, 4) is 5.75 Å². The molecule has 11 heteroatoms. The Balaban J connectivity index is 3.59. The van der Waals surface area contributed by atoms with Crippen molar-refractivity contribution in [2.45, 2.75) is 19.1 Å². The second-order valence-electron chi connectivity index (χ2n) is 3.35. The molecule has 0 aliphatic rings. The average molecular weight is 323 g/mol. The summed E-state index contributed by atoms with van der Waals surface area (Å²) in [6, 6.07) is 0. The number of hydrogen-bond donors (Lipinski definition) is 1. The number of carbonyl (C=O) groups excluding carboxylic acids is 1. The minimum absolute atomic E-state index is 0.116. The van der Waals surface area contributed by atoms with Crippen LogP contribution in [-0.4, -0.2) is 16.6 Å². The first-order chi connectivity index (χ1) is 8.97. The topological polar surface area (TPSA) is 65.2 Å². The van der Waals surface area contributed by atoms with Crippen molar-refractivity contribution in [1.29, 1.82) is 0 Å². The van der Waals surface area contributed by atoms with Crippen LogP contribution in [0.5, 0.6) is 5.75 Å². The molecule has 0 spiro atoms. The van der Waals surface area contributed by atoms with Gasteiger partial charge in [0.1, 0.15) is 11.3 Å². The molecule has 0 aliphatic heterocycles. The van der Waals surface area contributed by atoms with Crippen LogP contribution < -0.4 is 10.5 Å². The third-order valence-electron chi connectivity index (χ3n) is 2.04. The molecular formula is C9H5ClF6N2O2. The Morgan fingerprint density at radius 2 is 1.85 bits per heavy atom. The molecule has 0 unspecified atom stereocenters. The number of alkyl halides is 6. The van der Waals surface area contributed by atoms with Crippen LogP contribution in [0.15, 0.2) is 6.20 Å². The van der Waals surface area contributed by atoms with Crippen molar-refractivity contribution in [2.75, 3.05) is 0 Å². The van der Waals surface area contributed by atoms with Gasteiger partial charge in [0, 0.05) is 12.1 Å². The Bertz CT molecular complexity index is 528. The largest absolute Gasteiger partial charge is 0.573 e. The van der Waals surface area contributed by atoms with Gasteiger partial charge in [-0.1, -0.05) is 0 Å². The summed E-state index contributed by atoms with van der Waals surface area (Å²) < 4.78 is 77.9. The number of nitrogens with two attached hydrogens (primary N) is 1. The SMILES string of the molecule is NCc1c(C(=O)Cl)ncc(OC(F)(F)F)c1C(F)(F)F. The number of halogens is 7. The van der Waals surface area contributed by atoms with Crippen molar-refractivity contribution in [3.05, 3.63) is 23.0 Å². The molecule has 1 aromatic heterocycles. The standard InChI is InChI=1S/C9H5ClF6N2O2/c10-7(19)6-3(1-17)5(8(11,12)13)4(2-18-6)20-9(14,15)16/h2H,1,17H2. The van der Waals surface area contributed by atoms with Crippen molar-refractivity contribution < 1.29 is 35.9 Å². The molecule has 0 amide bonds. The summed E-state index contributed by atoms with van der Waals surface area (Å²) in [6.07, 6.45) is -10.5. The van der Waals surface area contributed by atoms with Gasteiger partial charge >= 0.3 is 12.5 Å². The van der Waals surface area contributed by atoms with Crippen molar-refractivity contribution in [1.82, 2.24) is 4.98 Å². The van der Waals surface area contributed by atoms with Gasteiger partial charge < -0.3 is 10.5 Å². The van der Waals surface area contributed by atoms with Crippen molar-refractivity contribution in [2.24, 2.45) is 5.73 Å². The summed E-state index contributed by atoms with van der Waals surface area (Å²) in [5.74, 6) is -1.60. The Hall–Kier alpha value is -1.55. The van der Waals surface area contributed by atoms with Crippen LogP contribution in [0.25, 0.3) is 0 Å².